The van der Waals surface area contributed by atoms with E-state index >= 15 is 0 Å². The molecule has 4 heteroatoms. The Morgan fingerprint density at radius 1 is 1.50 bits per heavy atom. The van der Waals surface area contributed by atoms with Gasteiger partial charge in [-0.15, -0.1) is 0 Å². The maximum Gasteiger partial charge on any atom is 0.131 e. The molecule has 0 aromatic carbocycles. The van der Waals surface area contributed by atoms with Gasteiger partial charge in [-0.2, -0.15) is 5.10 Å². The summed E-state index contributed by atoms with van der Waals surface area (Å²) in [5.74, 6) is 0.924. The molecular weight excluding hydrogens is 152 g/mol. The lowest BCUT2D eigenvalue weighted by Crippen LogP contribution is -2.07. The number of nitrogens with two attached hydrogens (primary N) is 1. The van der Waals surface area contributed by atoms with Gasteiger partial charge < -0.3 is 5.73 Å². The molecule has 0 saturated heterocycles. The molecule has 2 heterocycles. The molecule has 0 amide bonds. The van der Waals surface area contributed by atoms with Gasteiger partial charge in [0.15, 0.2) is 0 Å². The fourth-order valence-electron chi connectivity index (χ4n) is 1.19. The first kappa shape index (κ1) is 7.24. The van der Waals surface area contributed by atoms with E-state index in [0.717, 1.165) is 17.8 Å². The van der Waals surface area contributed by atoms with Crippen molar-refractivity contribution in [3.8, 4) is 0 Å². The lowest BCUT2D eigenvalue weighted by atomic mass is 10.4. The molecule has 0 aliphatic heterocycles. The van der Waals surface area contributed by atoms with E-state index in [-0.39, 0.29) is 0 Å². The van der Waals surface area contributed by atoms with Crippen LogP contribution >= 0.6 is 0 Å². The number of imidazole rings is 1. The van der Waals surface area contributed by atoms with E-state index in [1.165, 1.54) is 0 Å². The Bertz CT molecular complexity index is 379. The Balaban J connectivity index is 2.55. The first-order chi connectivity index (χ1) is 5.92. The average molecular weight is 162 g/mol. The first-order valence-corrected chi connectivity index (χ1v) is 3.89. The molecule has 0 fully saturated rings. The Morgan fingerprint density at radius 3 is 3.25 bits per heavy atom. The van der Waals surface area contributed by atoms with Gasteiger partial charge in [-0.1, -0.05) is 0 Å². The van der Waals surface area contributed by atoms with Crippen molar-refractivity contribution in [1.29, 1.82) is 0 Å². The summed E-state index contributed by atoms with van der Waals surface area (Å²) in [6.45, 7) is 0.607. The van der Waals surface area contributed by atoms with Gasteiger partial charge in [-0.05, 0) is 18.7 Å². The molecule has 0 atom stereocenters. The summed E-state index contributed by atoms with van der Waals surface area (Å²) < 4.78 is 1.81. The highest BCUT2D eigenvalue weighted by Gasteiger charge is 2.00. The van der Waals surface area contributed by atoms with Gasteiger partial charge in [-0.3, -0.25) is 0 Å². The predicted molar refractivity (Wildman–Crippen MR) is 45.7 cm³/mol. The van der Waals surface area contributed by atoms with Gasteiger partial charge >= 0.3 is 0 Å². The summed E-state index contributed by atoms with van der Waals surface area (Å²) in [6.07, 6.45) is 4.32. The van der Waals surface area contributed by atoms with Crippen LogP contribution in [-0.4, -0.2) is 21.1 Å². The van der Waals surface area contributed by atoms with Crippen molar-refractivity contribution < 1.29 is 0 Å². The van der Waals surface area contributed by atoms with Crippen LogP contribution in [0.25, 0.3) is 5.52 Å². The van der Waals surface area contributed by atoms with Crippen LogP contribution in [0.5, 0.6) is 0 Å². The SMILES string of the molecule is NCCc1ncc2cccnn12. The van der Waals surface area contributed by atoms with Crippen LogP contribution in [0.1, 0.15) is 5.82 Å². The van der Waals surface area contributed by atoms with Crippen LogP contribution in [0.4, 0.5) is 0 Å². The lowest BCUT2D eigenvalue weighted by molar-refractivity contribution is 0.795. The topological polar surface area (TPSA) is 56.2 Å². The van der Waals surface area contributed by atoms with Gasteiger partial charge in [0.25, 0.3) is 0 Å². The minimum atomic E-state index is 0.607. The Labute approximate surface area is 70.0 Å². The second kappa shape index (κ2) is 2.91. The normalized spacial score (nSPS) is 10.8. The third-order valence-electron chi connectivity index (χ3n) is 1.74. The molecule has 0 radical (unpaired) electrons. The Kier molecular flexibility index (Phi) is 1.75. The zero-order valence-corrected chi connectivity index (χ0v) is 6.64. The third kappa shape index (κ3) is 1.06. The molecule has 4 nitrogen and oxygen atoms in total. The van der Waals surface area contributed by atoms with E-state index < -0.39 is 0 Å². The smallest absolute Gasteiger partial charge is 0.131 e. The molecule has 62 valence electrons. The summed E-state index contributed by atoms with van der Waals surface area (Å²) in [7, 11) is 0. The highest BCUT2D eigenvalue weighted by atomic mass is 15.2. The fraction of sp³-hybridized carbons (Fsp3) is 0.250. The predicted octanol–water partition coefficient (Wildman–Crippen LogP) is 0.230. The highest BCUT2D eigenvalue weighted by molar-refractivity contribution is 5.43. The largest absolute Gasteiger partial charge is 0.330 e. The molecule has 0 bridgehead atoms. The Morgan fingerprint density at radius 2 is 2.42 bits per heavy atom. The van der Waals surface area contributed by atoms with Crippen LogP contribution in [-0.2, 0) is 6.42 Å². The molecule has 12 heavy (non-hydrogen) atoms. The van der Waals surface area contributed by atoms with Gasteiger partial charge in [-0.25, -0.2) is 9.50 Å². The maximum atomic E-state index is 5.43. The van der Waals surface area contributed by atoms with Gasteiger partial charge in [0.1, 0.15) is 5.82 Å². The van der Waals surface area contributed by atoms with Crippen molar-refractivity contribution in [3.63, 3.8) is 0 Å². The standard InChI is InChI=1S/C8H10N4/c9-4-3-8-10-6-7-2-1-5-11-12(7)8/h1-2,5-6H,3-4,9H2. The van der Waals surface area contributed by atoms with E-state index in [0.29, 0.717) is 6.54 Å². The minimum absolute atomic E-state index is 0.607. The van der Waals surface area contributed by atoms with E-state index in [1.807, 2.05) is 16.6 Å². The summed E-state index contributed by atoms with van der Waals surface area (Å²) in [6, 6.07) is 3.86. The number of hydrogen-bond donors (Lipinski definition) is 1. The number of hydrogen-bond acceptors (Lipinski definition) is 3. The zero-order valence-electron chi connectivity index (χ0n) is 6.64. The van der Waals surface area contributed by atoms with Crippen LogP contribution in [0, 0.1) is 0 Å². The van der Waals surface area contributed by atoms with Crippen molar-refractivity contribution in [1.82, 2.24) is 14.6 Å². The van der Waals surface area contributed by atoms with Crippen molar-refractivity contribution in [2.45, 2.75) is 6.42 Å². The molecule has 2 rings (SSSR count). The fourth-order valence-corrected chi connectivity index (χ4v) is 1.19. The summed E-state index contributed by atoms with van der Waals surface area (Å²) in [5, 5.41) is 4.16. The quantitative estimate of drug-likeness (QED) is 0.687. The van der Waals surface area contributed by atoms with E-state index in [9.17, 15) is 0 Å². The molecular formula is C8H10N4. The number of fused-ring (bicyclic) bond motifs is 1. The summed E-state index contributed by atoms with van der Waals surface area (Å²) >= 11 is 0. The van der Waals surface area contributed by atoms with Crippen molar-refractivity contribution in [2.75, 3.05) is 6.54 Å². The van der Waals surface area contributed by atoms with Crippen molar-refractivity contribution >= 4 is 5.52 Å². The molecule has 0 saturated carbocycles. The minimum Gasteiger partial charge on any atom is -0.330 e. The van der Waals surface area contributed by atoms with Crippen molar-refractivity contribution in [3.05, 3.63) is 30.4 Å². The van der Waals surface area contributed by atoms with E-state index in [2.05, 4.69) is 10.1 Å². The second-order valence-corrected chi connectivity index (χ2v) is 2.57. The van der Waals surface area contributed by atoms with Gasteiger partial charge in [0.05, 0.1) is 11.7 Å². The third-order valence-corrected chi connectivity index (χ3v) is 1.74. The second-order valence-electron chi connectivity index (χ2n) is 2.57. The van der Waals surface area contributed by atoms with E-state index in [4.69, 9.17) is 5.73 Å². The molecule has 0 aliphatic carbocycles. The first-order valence-electron chi connectivity index (χ1n) is 3.89. The monoisotopic (exact) mass is 162 g/mol. The average Bonchev–Trinajstić information content (AvgIpc) is 2.50. The zero-order chi connectivity index (χ0) is 8.39. The molecule has 2 aromatic rings. The number of nitrogens with zero attached hydrogens (tertiary/aromatic N) is 3. The van der Waals surface area contributed by atoms with E-state index in [1.54, 1.807) is 12.4 Å². The maximum absolute atomic E-state index is 5.43. The summed E-state index contributed by atoms with van der Waals surface area (Å²) in [5.41, 5.74) is 6.44. The van der Waals surface area contributed by atoms with Crippen LogP contribution < -0.4 is 5.73 Å². The highest BCUT2D eigenvalue weighted by Crippen LogP contribution is 2.03. The molecule has 0 spiro atoms. The summed E-state index contributed by atoms with van der Waals surface area (Å²) in [4.78, 5) is 4.21. The Hall–Kier alpha value is -1.42. The van der Waals surface area contributed by atoms with Gasteiger partial charge in [0.2, 0.25) is 0 Å². The number of aromatic nitrogens is 3. The van der Waals surface area contributed by atoms with Gasteiger partial charge in [0, 0.05) is 12.6 Å². The molecule has 0 aliphatic rings. The van der Waals surface area contributed by atoms with Crippen LogP contribution in [0.3, 0.4) is 0 Å². The molecule has 2 aromatic heterocycles. The van der Waals surface area contributed by atoms with Crippen LogP contribution in [0.2, 0.25) is 0 Å². The van der Waals surface area contributed by atoms with Crippen molar-refractivity contribution in [2.24, 2.45) is 5.73 Å². The lowest BCUT2D eigenvalue weighted by Gasteiger charge is -1.95. The van der Waals surface area contributed by atoms with Crippen LogP contribution in [0.15, 0.2) is 24.5 Å². The molecule has 2 N–H and O–H groups in total. The molecule has 0 unspecified atom stereocenters. The number of rotatable bonds is 2.